The summed E-state index contributed by atoms with van der Waals surface area (Å²) in [5, 5.41) is 2.84. The molecule has 0 fully saturated rings. The predicted octanol–water partition coefficient (Wildman–Crippen LogP) is 2.84. The molecule has 1 aromatic carbocycles. The summed E-state index contributed by atoms with van der Waals surface area (Å²) in [7, 11) is 0. The quantitative estimate of drug-likeness (QED) is 0.916. The van der Waals surface area contributed by atoms with E-state index in [-0.39, 0.29) is 5.91 Å². The normalized spacial score (nSPS) is 13.3. The Morgan fingerprint density at radius 3 is 2.84 bits per heavy atom. The number of carbonyl (C=O) groups is 1. The van der Waals surface area contributed by atoms with Gasteiger partial charge in [0.25, 0.3) is 0 Å². The van der Waals surface area contributed by atoms with Crippen LogP contribution in [-0.4, -0.2) is 15.5 Å². The fraction of sp³-hybridized carbons (Fsp3) is 0.333. The number of carbonyl (C=O) groups excluding carboxylic acids is 1. The van der Waals surface area contributed by atoms with Gasteiger partial charge in [-0.1, -0.05) is 19.1 Å². The van der Waals surface area contributed by atoms with Crippen LogP contribution in [0.3, 0.4) is 0 Å². The van der Waals surface area contributed by atoms with Crippen LogP contribution < -0.4 is 5.32 Å². The zero-order valence-corrected chi connectivity index (χ0v) is 11.0. The van der Waals surface area contributed by atoms with E-state index in [4.69, 9.17) is 0 Å². The lowest BCUT2D eigenvalue weighted by Crippen LogP contribution is -2.08. The number of hydrogen-bond acceptors (Lipinski definition) is 2. The highest BCUT2D eigenvalue weighted by Crippen LogP contribution is 2.24. The summed E-state index contributed by atoms with van der Waals surface area (Å²) >= 11 is 0. The molecule has 1 amide bonds. The highest BCUT2D eigenvalue weighted by atomic mass is 16.1. The summed E-state index contributed by atoms with van der Waals surface area (Å²) in [5.74, 6) is 1.21. The number of imidazole rings is 1. The Bertz CT molecular complexity index is 577. The highest BCUT2D eigenvalue weighted by Gasteiger charge is 2.14. The Balaban J connectivity index is 1.80. The van der Waals surface area contributed by atoms with Crippen molar-refractivity contribution in [3.05, 3.63) is 36.3 Å². The van der Waals surface area contributed by atoms with Crippen LogP contribution in [0.5, 0.6) is 0 Å². The maximum atomic E-state index is 11.3. The van der Waals surface area contributed by atoms with Crippen molar-refractivity contribution in [2.45, 2.75) is 32.7 Å². The summed E-state index contributed by atoms with van der Waals surface area (Å²) in [6.45, 7) is 2.92. The van der Waals surface area contributed by atoms with E-state index in [1.807, 2.05) is 31.2 Å². The molecule has 2 heterocycles. The van der Waals surface area contributed by atoms with Gasteiger partial charge in [0.05, 0.1) is 5.69 Å². The van der Waals surface area contributed by atoms with Gasteiger partial charge >= 0.3 is 0 Å². The Morgan fingerprint density at radius 1 is 1.37 bits per heavy atom. The molecule has 3 rings (SSSR count). The van der Waals surface area contributed by atoms with Gasteiger partial charge in [-0.25, -0.2) is 4.98 Å². The van der Waals surface area contributed by atoms with Crippen molar-refractivity contribution in [2.75, 3.05) is 5.32 Å². The molecule has 1 aromatic heterocycles. The van der Waals surface area contributed by atoms with E-state index in [0.29, 0.717) is 6.42 Å². The predicted molar refractivity (Wildman–Crippen MR) is 74.9 cm³/mol. The van der Waals surface area contributed by atoms with Crippen molar-refractivity contribution in [2.24, 2.45) is 0 Å². The van der Waals surface area contributed by atoms with Crippen molar-refractivity contribution < 1.29 is 4.79 Å². The van der Waals surface area contributed by atoms with Crippen molar-refractivity contribution in [1.29, 1.82) is 0 Å². The van der Waals surface area contributed by atoms with Gasteiger partial charge in [-0.05, 0) is 18.6 Å². The number of rotatable bonds is 3. The number of benzene rings is 1. The lowest BCUT2D eigenvalue weighted by Gasteiger charge is -2.04. The number of amides is 1. The topological polar surface area (TPSA) is 46.9 Å². The molecule has 0 spiro atoms. The molecular formula is C15H17N3O. The molecule has 4 nitrogen and oxygen atoms in total. The zero-order valence-electron chi connectivity index (χ0n) is 11.0. The van der Waals surface area contributed by atoms with Crippen LogP contribution >= 0.6 is 0 Å². The van der Waals surface area contributed by atoms with Crippen molar-refractivity contribution >= 4 is 11.6 Å². The van der Waals surface area contributed by atoms with E-state index >= 15 is 0 Å². The smallest absolute Gasteiger partial charge is 0.224 e. The van der Waals surface area contributed by atoms with Crippen molar-refractivity contribution in [3.8, 4) is 11.3 Å². The number of anilines is 1. The van der Waals surface area contributed by atoms with Crippen LogP contribution in [0, 0.1) is 0 Å². The van der Waals surface area contributed by atoms with E-state index in [0.717, 1.165) is 29.9 Å². The molecule has 19 heavy (non-hydrogen) atoms. The van der Waals surface area contributed by atoms with E-state index < -0.39 is 0 Å². The molecule has 0 saturated carbocycles. The fourth-order valence-electron chi connectivity index (χ4n) is 2.37. The Hall–Kier alpha value is -2.10. The van der Waals surface area contributed by atoms with Crippen molar-refractivity contribution in [1.82, 2.24) is 9.55 Å². The number of nitrogens with zero attached hydrogens (tertiary/aromatic N) is 2. The summed E-state index contributed by atoms with van der Waals surface area (Å²) < 4.78 is 2.22. The van der Waals surface area contributed by atoms with Gasteiger partial charge in [0.15, 0.2) is 0 Å². The third kappa shape index (κ3) is 2.38. The summed E-state index contributed by atoms with van der Waals surface area (Å²) in [4.78, 5) is 15.9. The molecular weight excluding hydrogens is 238 g/mol. The van der Waals surface area contributed by atoms with Crippen molar-refractivity contribution in [3.63, 3.8) is 0 Å². The van der Waals surface area contributed by atoms with Crippen LogP contribution in [0.1, 0.15) is 25.6 Å². The molecule has 0 bridgehead atoms. The first kappa shape index (κ1) is 12.0. The minimum Gasteiger partial charge on any atom is -0.334 e. The van der Waals surface area contributed by atoms with Gasteiger partial charge in [-0.2, -0.15) is 0 Å². The van der Waals surface area contributed by atoms with E-state index in [2.05, 4.69) is 21.1 Å². The third-order valence-electron chi connectivity index (χ3n) is 3.44. The van der Waals surface area contributed by atoms with Gasteiger partial charge < -0.3 is 9.88 Å². The number of nitrogens with one attached hydrogen (secondary N) is 1. The Morgan fingerprint density at radius 2 is 2.16 bits per heavy atom. The summed E-state index contributed by atoms with van der Waals surface area (Å²) in [6, 6.07) is 7.85. The first-order valence-corrected chi connectivity index (χ1v) is 6.72. The molecule has 1 N–H and O–H groups in total. The van der Waals surface area contributed by atoms with Crippen LogP contribution in [0.15, 0.2) is 30.5 Å². The second-order valence-electron chi connectivity index (χ2n) is 4.82. The van der Waals surface area contributed by atoms with Gasteiger partial charge in [-0.3, -0.25) is 4.79 Å². The highest BCUT2D eigenvalue weighted by molar-refractivity contribution is 5.90. The second-order valence-corrected chi connectivity index (χ2v) is 4.82. The molecule has 4 heteroatoms. The maximum absolute atomic E-state index is 11.3. The van der Waals surface area contributed by atoms with E-state index in [9.17, 15) is 4.79 Å². The van der Waals surface area contributed by atoms with Crippen LogP contribution in [0.2, 0.25) is 0 Å². The average molecular weight is 255 g/mol. The molecule has 0 aliphatic carbocycles. The number of aromatic nitrogens is 2. The molecule has 0 saturated heterocycles. The summed E-state index contributed by atoms with van der Waals surface area (Å²) in [5.41, 5.74) is 2.95. The monoisotopic (exact) mass is 255 g/mol. The van der Waals surface area contributed by atoms with Gasteiger partial charge in [0, 0.05) is 36.8 Å². The molecule has 1 aliphatic heterocycles. The number of hydrogen-bond donors (Lipinski definition) is 1. The molecule has 0 radical (unpaired) electrons. The summed E-state index contributed by atoms with van der Waals surface area (Å²) in [6.07, 6.45) is 4.88. The largest absolute Gasteiger partial charge is 0.334 e. The van der Waals surface area contributed by atoms with Gasteiger partial charge in [-0.15, -0.1) is 0 Å². The molecule has 98 valence electrons. The first-order valence-electron chi connectivity index (χ1n) is 6.72. The third-order valence-corrected chi connectivity index (χ3v) is 3.44. The lowest BCUT2D eigenvalue weighted by molar-refractivity contribution is -0.115. The lowest BCUT2D eigenvalue weighted by atomic mass is 10.1. The van der Waals surface area contributed by atoms with E-state index in [1.165, 1.54) is 12.2 Å². The van der Waals surface area contributed by atoms with Crippen LogP contribution in [-0.2, 0) is 17.8 Å². The van der Waals surface area contributed by atoms with E-state index in [1.54, 1.807) is 0 Å². The second kappa shape index (κ2) is 4.88. The van der Waals surface area contributed by atoms with Crippen LogP contribution in [0.25, 0.3) is 11.3 Å². The standard InChI is InChI=1S/C15H17N3O/c1-2-15(19)16-12-7-5-11(6-8-12)13-10-18-9-3-4-14(18)17-13/h5-8,10H,2-4,9H2,1H3,(H,16,19). The molecule has 0 unspecified atom stereocenters. The molecule has 0 atom stereocenters. The minimum absolute atomic E-state index is 0.0359. The Kier molecular flexibility index (Phi) is 3.07. The minimum atomic E-state index is 0.0359. The zero-order chi connectivity index (χ0) is 13.2. The fourth-order valence-corrected chi connectivity index (χ4v) is 2.37. The molecule has 2 aromatic rings. The van der Waals surface area contributed by atoms with Crippen LogP contribution in [0.4, 0.5) is 5.69 Å². The first-order chi connectivity index (χ1) is 9.26. The Labute approximate surface area is 112 Å². The average Bonchev–Trinajstić information content (AvgIpc) is 3.00. The van der Waals surface area contributed by atoms with Gasteiger partial charge in [0.2, 0.25) is 5.91 Å². The maximum Gasteiger partial charge on any atom is 0.224 e. The van der Waals surface area contributed by atoms with Gasteiger partial charge in [0.1, 0.15) is 5.82 Å². The molecule has 1 aliphatic rings. The number of aryl methyl sites for hydroxylation is 2. The SMILES string of the molecule is CCC(=O)Nc1ccc(-c2cn3c(n2)CCC3)cc1. The number of fused-ring (bicyclic) bond motifs is 1.